The van der Waals surface area contributed by atoms with Gasteiger partial charge in [0, 0.05) is 10.6 Å². The number of primary amides is 1. The second kappa shape index (κ2) is 11.8. The average Bonchev–Trinajstić information content (AvgIpc) is 2.49. The quantitative estimate of drug-likeness (QED) is 0.789. The summed E-state index contributed by atoms with van der Waals surface area (Å²) in [5.74, 6) is -0.422. The largest absolute Gasteiger partial charge is 0.366 e. The van der Waals surface area contributed by atoms with E-state index in [2.05, 4.69) is 32.9 Å². The van der Waals surface area contributed by atoms with E-state index in [9.17, 15) is 4.79 Å². The maximum absolute atomic E-state index is 10.9. The first kappa shape index (κ1) is 20.2. The zero-order valence-electron chi connectivity index (χ0n) is 13.9. The lowest BCUT2D eigenvalue weighted by Gasteiger charge is -2.05. The van der Waals surface area contributed by atoms with Crippen LogP contribution in [-0.2, 0) is 6.42 Å². The molecule has 0 saturated heterocycles. The highest BCUT2D eigenvalue weighted by atomic mass is 35.5. The summed E-state index contributed by atoms with van der Waals surface area (Å²) in [5, 5.41) is 0.605. The maximum Gasteiger partial charge on any atom is 0.249 e. The van der Waals surface area contributed by atoms with Gasteiger partial charge in [0.25, 0.3) is 0 Å². The van der Waals surface area contributed by atoms with Crippen LogP contribution in [0.4, 0.5) is 0 Å². The molecule has 0 aliphatic carbocycles. The molecule has 0 spiro atoms. The highest BCUT2D eigenvalue weighted by Crippen LogP contribution is 2.19. The monoisotopic (exact) mass is 319 g/mol. The maximum atomic E-state index is 10.9. The molecule has 0 aliphatic heterocycles. The van der Waals surface area contributed by atoms with E-state index >= 15 is 0 Å². The van der Waals surface area contributed by atoms with Gasteiger partial charge in [0.1, 0.15) is 0 Å². The fourth-order valence-electron chi connectivity index (χ4n) is 1.68. The minimum atomic E-state index is -0.422. The third kappa shape index (κ3) is 7.84. The Kier molecular flexibility index (Phi) is 10.8. The van der Waals surface area contributed by atoms with E-state index in [0.29, 0.717) is 10.6 Å². The van der Waals surface area contributed by atoms with Crippen LogP contribution in [0.2, 0.25) is 5.02 Å². The highest BCUT2D eigenvalue weighted by Gasteiger charge is 2.08. The fraction of sp³-hybridized carbons (Fsp3) is 0.316. The second-order valence-electron chi connectivity index (χ2n) is 4.85. The number of halogens is 1. The molecule has 0 aliphatic rings. The molecule has 0 unspecified atom stereocenters. The number of rotatable bonds is 2. The lowest BCUT2D eigenvalue weighted by molar-refractivity contribution is 0.0999. The van der Waals surface area contributed by atoms with E-state index in [0.717, 1.165) is 12.0 Å². The first-order valence-electron chi connectivity index (χ1n) is 7.56. The number of nitrogens with two attached hydrogens (primary N) is 1. The molecule has 2 nitrogen and oxygen atoms in total. The second-order valence-corrected chi connectivity index (χ2v) is 5.25. The van der Waals surface area contributed by atoms with Gasteiger partial charge in [-0.05, 0) is 31.0 Å². The van der Waals surface area contributed by atoms with Gasteiger partial charge in [0.2, 0.25) is 5.91 Å². The molecule has 0 radical (unpaired) electrons. The lowest BCUT2D eigenvalue weighted by atomic mass is 10.1. The van der Waals surface area contributed by atoms with Crippen LogP contribution in [0.25, 0.3) is 0 Å². The normalized spacial score (nSPS) is 8.95. The van der Waals surface area contributed by atoms with Crippen molar-refractivity contribution in [3.8, 4) is 0 Å². The van der Waals surface area contributed by atoms with Crippen LogP contribution >= 0.6 is 11.6 Å². The summed E-state index contributed by atoms with van der Waals surface area (Å²) in [5.41, 5.74) is 7.83. The first-order chi connectivity index (χ1) is 10.5. The van der Waals surface area contributed by atoms with Crippen LogP contribution in [0.5, 0.6) is 0 Å². The van der Waals surface area contributed by atoms with E-state index < -0.39 is 5.91 Å². The number of hydrogen-bond acceptors (Lipinski definition) is 1. The van der Waals surface area contributed by atoms with Crippen LogP contribution in [0.1, 0.15) is 48.7 Å². The van der Waals surface area contributed by atoms with Crippen LogP contribution in [0.3, 0.4) is 0 Å². The minimum absolute atomic E-state index is 0.422. The summed E-state index contributed by atoms with van der Waals surface area (Å²) in [6.07, 6.45) is 1.97. The molecule has 22 heavy (non-hydrogen) atoms. The summed E-state index contributed by atoms with van der Waals surface area (Å²) in [6.45, 7) is 8.27. The van der Waals surface area contributed by atoms with Gasteiger partial charge < -0.3 is 5.73 Å². The molecule has 2 rings (SSSR count). The van der Waals surface area contributed by atoms with E-state index in [1.807, 2.05) is 25.1 Å². The van der Waals surface area contributed by atoms with Crippen molar-refractivity contribution < 1.29 is 4.79 Å². The zero-order valence-corrected chi connectivity index (χ0v) is 14.7. The number of amides is 1. The van der Waals surface area contributed by atoms with E-state index in [1.54, 1.807) is 18.2 Å². The number of carbonyl (C=O) groups is 1. The van der Waals surface area contributed by atoms with Crippen LogP contribution in [-0.4, -0.2) is 5.91 Å². The summed E-state index contributed by atoms with van der Waals surface area (Å²) in [7, 11) is 0. The predicted octanol–water partition coefficient (Wildman–Crippen LogP) is 5.41. The molecular weight excluding hydrogens is 294 g/mol. The third-order valence-corrected chi connectivity index (χ3v) is 3.03. The molecule has 1 amide bonds. The van der Waals surface area contributed by atoms with Gasteiger partial charge in [-0.2, -0.15) is 0 Å². The molecule has 120 valence electrons. The summed E-state index contributed by atoms with van der Waals surface area (Å²) in [4.78, 5) is 10.9. The molecule has 2 N–H and O–H groups in total. The van der Waals surface area contributed by atoms with E-state index in [4.69, 9.17) is 17.3 Å². The Morgan fingerprint density at radius 2 is 1.55 bits per heavy atom. The Morgan fingerprint density at radius 1 is 1.00 bits per heavy atom. The molecule has 2 aromatic rings. The highest BCUT2D eigenvalue weighted by molar-refractivity contribution is 6.31. The average molecular weight is 320 g/mol. The van der Waals surface area contributed by atoms with Gasteiger partial charge in [0.15, 0.2) is 0 Å². The number of hydrogen-bond donors (Lipinski definition) is 1. The lowest BCUT2D eigenvalue weighted by Crippen LogP contribution is -2.13. The Hall–Kier alpha value is -1.80. The SMILES string of the molecule is CCC.CCc1c(Cl)cccc1C(N)=O.Cc1ccccc1. The minimum Gasteiger partial charge on any atom is -0.366 e. The summed E-state index contributed by atoms with van der Waals surface area (Å²) < 4.78 is 0. The van der Waals surface area contributed by atoms with Crippen LogP contribution < -0.4 is 5.73 Å². The van der Waals surface area contributed by atoms with Crippen molar-refractivity contribution in [2.24, 2.45) is 5.73 Å². The van der Waals surface area contributed by atoms with Crippen molar-refractivity contribution in [2.75, 3.05) is 0 Å². The van der Waals surface area contributed by atoms with Gasteiger partial charge in [-0.1, -0.05) is 80.8 Å². The standard InChI is InChI=1S/C9H10ClNO.C7H8.C3H8/c1-2-6-7(9(11)12)4-3-5-8(6)10;1-7-5-3-2-4-6-7;1-3-2/h3-5H,2H2,1H3,(H2,11,12);2-6H,1H3;3H2,1-2H3. The molecule has 3 heteroatoms. The Bertz CT molecular complexity index is 553. The molecule has 2 aromatic carbocycles. The number of benzene rings is 2. The Balaban J connectivity index is 0.000000372. The van der Waals surface area contributed by atoms with Crippen LogP contribution in [0, 0.1) is 6.92 Å². The van der Waals surface area contributed by atoms with Crippen molar-refractivity contribution in [1.29, 1.82) is 0 Å². The van der Waals surface area contributed by atoms with Crippen molar-refractivity contribution in [2.45, 2.75) is 40.5 Å². The van der Waals surface area contributed by atoms with Gasteiger partial charge in [-0.25, -0.2) is 0 Å². The van der Waals surface area contributed by atoms with Crippen molar-refractivity contribution in [3.63, 3.8) is 0 Å². The smallest absolute Gasteiger partial charge is 0.249 e. The third-order valence-electron chi connectivity index (χ3n) is 2.68. The first-order valence-corrected chi connectivity index (χ1v) is 7.94. The van der Waals surface area contributed by atoms with Crippen molar-refractivity contribution in [3.05, 3.63) is 70.2 Å². The van der Waals surface area contributed by atoms with E-state index in [-0.39, 0.29) is 0 Å². The topological polar surface area (TPSA) is 43.1 Å². The zero-order chi connectivity index (χ0) is 17.0. The molecule has 0 saturated carbocycles. The molecule has 0 heterocycles. The van der Waals surface area contributed by atoms with Gasteiger partial charge in [0.05, 0.1) is 0 Å². The molecule has 0 atom stereocenters. The summed E-state index contributed by atoms with van der Waals surface area (Å²) in [6, 6.07) is 15.4. The Labute approximate surface area is 139 Å². The van der Waals surface area contributed by atoms with Crippen molar-refractivity contribution >= 4 is 17.5 Å². The number of carbonyl (C=O) groups excluding carboxylic acids is 1. The predicted molar refractivity (Wildman–Crippen MR) is 96.5 cm³/mol. The Morgan fingerprint density at radius 3 is 1.86 bits per heavy atom. The summed E-state index contributed by atoms with van der Waals surface area (Å²) >= 11 is 5.87. The van der Waals surface area contributed by atoms with Gasteiger partial charge >= 0.3 is 0 Å². The van der Waals surface area contributed by atoms with Crippen molar-refractivity contribution in [1.82, 2.24) is 0 Å². The number of aryl methyl sites for hydroxylation is 1. The fourth-order valence-corrected chi connectivity index (χ4v) is 1.99. The van der Waals surface area contributed by atoms with Gasteiger partial charge in [-0.15, -0.1) is 0 Å². The van der Waals surface area contributed by atoms with Crippen LogP contribution in [0.15, 0.2) is 48.5 Å². The molecule has 0 bridgehead atoms. The molecular formula is C19H26ClNO. The van der Waals surface area contributed by atoms with Gasteiger partial charge in [-0.3, -0.25) is 4.79 Å². The van der Waals surface area contributed by atoms with E-state index in [1.165, 1.54) is 12.0 Å². The molecule has 0 aromatic heterocycles. The molecule has 0 fully saturated rings.